The molecule has 0 saturated carbocycles. The van der Waals surface area contributed by atoms with E-state index in [0.717, 1.165) is 11.3 Å². The largest absolute Gasteiger partial charge is 0.497 e. The van der Waals surface area contributed by atoms with Gasteiger partial charge >= 0.3 is 0 Å². The molecule has 0 aliphatic carbocycles. The molecule has 0 spiro atoms. The van der Waals surface area contributed by atoms with Crippen LogP contribution >= 0.6 is 11.6 Å². The molecule has 3 aromatic carbocycles. The van der Waals surface area contributed by atoms with Crippen molar-refractivity contribution in [3.63, 3.8) is 0 Å². The maximum Gasteiger partial charge on any atom is 0.231 e. The molecule has 0 radical (unpaired) electrons. The van der Waals surface area contributed by atoms with Crippen LogP contribution in [0.1, 0.15) is 21.5 Å². The van der Waals surface area contributed by atoms with E-state index in [4.69, 9.17) is 25.8 Å². The third kappa shape index (κ3) is 3.96. The Kier molecular flexibility index (Phi) is 5.23. The Balaban J connectivity index is 1.53. The second-order valence-corrected chi connectivity index (χ2v) is 6.78. The molecule has 29 heavy (non-hydrogen) atoms. The SMILES string of the molecule is COc1cccc(COc2ccc3c(c2)O/C(=C\c2c(F)cccc2Cl)C3=O)c1. The normalized spacial score (nSPS) is 13.9. The summed E-state index contributed by atoms with van der Waals surface area (Å²) in [5, 5.41) is 0.201. The van der Waals surface area contributed by atoms with E-state index in [1.165, 1.54) is 18.2 Å². The van der Waals surface area contributed by atoms with Gasteiger partial charge in [0.1, 0.15) is 29.7 Å². The summed E-state index contributed by atoms with van der Waals surface area (Å²) in [5.41, 5.74) is 1.44. The van der Waals surface area contributed by atoms with E-state index in [2.05, 4.69) is 0 Å². The van der Waals surface area contributed by atoms with Gasteiger partial charge in [-0.25, -0.2) is 4.39 Å². The molecule has 4 rings (SSSR count). The highest BCUT2D eigenvalue weighted by Gasteiger charge is 2.28. The predicted octanol–water partition coefficient (Wildman–Crippen LogP) is 5.68. The Morgan fingerprint density at radius 3 is 2.69 bits per heavy atom. The Morgan fingerprint density at radius 1 is 1.07 bits per heavy atom. The molecule has 0 aromatic heterocycles. The number of benzene rings is 3. The summed E-state index contributed by atoms with van der Waals surface area (Å²) in [6, 6.07) is 16.8. The van der Waals surface area contributed by atoms with Crippen molar-refractivity contribution in [3.8, 4) is 17.2 Å². The van der Waals surface area contributed by atoms with Crippen LogP contribution in [0.15, 0.2) is 66.4 Å². The fourth-order valence-corrected chi connectivity index (χ4v) is 3.18. The van der Waals surface area contributed by atoms with E-state index in [0.29, 0.717) is 23.7 Å². The molecular formula is C23H16ClFO4. The number of carbonyl (C=O) groups is 1. The van der Waals surface area contributed by atoms with Crippen molar-refractivity contribution in [2.24, 2.45) is 0 Å². The minimum absolute atomic E-state index is 0.0111. The average molecular weight is 411 g/mol. The average Bonchev–Trinajstić information content (AvgIpc) is 3.04. The van der Waals surface area contributed by atoms with Gasteiger partial charge in [-0.1, -0.05) is 29.8 Å². The summed E-state index contributed by atoms with van der Waals surface area (Å²) in [6.45, 7) is 0.331. The van der Waals surface area contributed by atoms with Crippen LogP contribution in [0, 0.1) is 5.82 Å². The van der Waals surface area contributed by atoms with Gasteiger partial charge in [0.25, 0.3) is 0 Å². The second-order valence-electron chi connectivity index (χ2n) is 6.37. The van der Waals surface area contributed by atoms with E-state index in [1.807, 2.05) is 24.3 Å². The summed E-state index contributed by atoms with van der Waals surface area (Å²) in [5.74, 6) is 0.798. The van der Waals surface area contributed by atoms with Gasteiger partial charge in [0.05, 0.1) is 17.7 Å². The van der Waals surface area contributed by atoms with E-state index in [-0.39, 0.29) is 22.1 Å². The number of halogens is 2. The van der Waals surface area contributed by atoms with Crippen LogP contribution in [-0.4, -0.2) is 12.9 Å². The van der Waals surface area contributed by atoms with Crippen molar-refractivity contribution in [1.29, 1.82) is 0 Å². The second kappa shape index (κ2) is 7.97. The van der Waals surface area contributed by atoms with Crippen LogP contribution in [0.25, 0.3) is 6.08 Å². The molecule has 0 atom stereocenters. The molecule has 0 bridgehead atoms. The molecule has 146 valence electrons. The summed E-state index contributed by atoms with van der Waals surface area (Å²) >= 11 is 6.03. The lowest BCUT2D eigenvalue weighted by atomic mass is 10.1. The standard InChI is InChI=1S/C23H16ClFO4/c1-27-15-5-2-4-14(10-15)13-28-16-8-9-17-21(11-16)29-22(23(17)26)12-18-19(24)6-3-7-20(18)25/h2-12H,13H2,1H3/b22-12-. The summed E-state index contributed by atoms with van der Waals surface area (Å²) in [4.78, 5) is 12.6. The fourth-order valence-electron chi connectivity index (χ4n) is 2.97. The first-order chi connectivity index (χ1) is 14.0. The number of ether oxygens (including phenoxy) is 3. The number of fused-ring (bicyclic) bond motifs is 1. The number of ketones is 1. The number of allylic oxidation sites excluding steroid dienone is 1. The molecule has 3 aromatic rings. The molecule has 4 nitrogen and oxygen atoms in total. The number of hydrogen-bond donors (Lipinski definition) is 0. The maximum atomic E-state index is 14.0. The number of hydrogen-bond acceptors (Lipinski definition) is 4. The van der Waals surface area contributed by atoms with Crippen LogP contribution in [0.5, 0.6) is 17.2 Å². The summed E-state index contributed by atoms with van der Waals surface area (Å²) in [6.07, 6.45) is 1.32. The first-order valence-corrected chi connectivity index (χ1v) is 9.21. The fraction of sp³-hybridized carbons (Fsp3) is 0.0870. The molecule has 0 fully saturated rings. The van der Waals surface area contributed by atoms with Crippen LogP contribution in [0.2, 0.25) is 5.02 Å². The summed E-state index contributed by atoms with van der Waals surface area (Å²) < 4.78 is 30.7. The zero-order valence-electron chi connectivity index (χ0n) is 15.4. The van der Waals surface area contributed by atoms with Gasteiger partial charge in [-0.3, -0.25) is 4.79 Å². The monoisotopic (exact) mass is 410 g/mol. The van der Waals surface area contributed by atoms with Crippen LogP contribution in [-0.2, 0) is 6.61 Å². The van der Waals surface area contributed by atoms with Crippen molar-refractivity contribution in [2.75, 3.05) is 7.11 Å². The van der Waals surface area contributed by atoms with Gasteiger partial charge in [-0.15, -0.1) is 0 Å². The molecule has 1 aliphatic rings. The molecular weight excluding hydrogens is 395 g/mol. The molecule has 0 N–H and O–H groups in total. The maximum absolute atomic E-state index is 14.0. The molecule has 0 saturated heterocycles. The van der Waals surface area contributed by atoms with Crippen molar-refractivity contribution in [1.82, 2.24) is 0 Å². The molecule has 6 heteroatoms. The van der Waals surface area contributed by atoms with E-state index in [1.54, 1.807) is 31.4 Å². The minimum Gasteiger partial charge on any atom is -0.497 e. The Labute approximate surface area is 172 Å². The molecule has 0 unspecified atom stereocenters. The van der Waals surface area contributed by atoms with Crippen molar-refractivity contribution < 1.29 is 23.4 Å². The Bertz CT molecular complexity index is 1100. The van der Waals surface area contributed by atoms with E-state index in [9.17, 15) is 9.18 Å². The lowest BCUT2D eigenvalue weighted by Gasteiger charge is -2.08. The van der Waals surface area contributed by atoms with Crippen LogP contribution in [0.4, 0.5) is 4.39 Å². The molecule has 1 heterocycles. The van der Waals surface area contributed by atoms with E-state index < -0.39 is 5.82 Å². The van der Waals surface area contributed by atoms with Gasteiger partial charge in [-0.2, -0.15) is 0 Å². The highest BCUT2D eigenvalue weighted by molar-refractivity contribution is 6.32. The topological polar surface area (TPSA) is 44.8 Å². The molecule has 1 aliphatic heterocycles. The predicted molar refractivity (Wildman–Crippen MR) is 108 cm³/mol. The number of carbonyl (C=O) groups excluding carboxylic acids is 1. The van der Waals surface area contributed by atoms with Crippen LogP contribution in [0.3, 0.4) is 0 Å². The zero-order chi connectivity index (χ0) is 20.4. The molecule has 0 amide bonds. The van der Waals surface area contributed by atoms with Gasteiger partial charge in [0, 0.05) is 11.6 Å². The van der Waals surface area contributed by atoms with Gasteiger partial charge in [0.15, 0.2) is 5.76 Å². The Morgan fingerprint density at radius 2 is 1.90 bits per heavy atom. The van der Waals surface area contributed by atoms with Crippen LogP contribution < -0.4 is 14.2 Å². The van der Waals surface area contributed by atoms with Crippen molar-refractivity contribution >= 4 is 23.5 Å². The number of Topliss-reactive ketones (excluding diaryl/α,β-unsaturated/α-hetero) is 1. The summed E-state index contributed by atoms with van der Waals surface area (Å²) in [7, 11) is 1.61. The smallest absolute Gasteiger partial charge is 0.231 e. The van der Waals surface area contributed by atoms with Crippen molar-refractivity contribution in [3.05, 3.63) is 94.0 Å². The van der Waals surface area contributed by atoms with E-state index >= 15 is 0 Å². The highest BCUT2D eigenvalue weighted by atomic mass is 35.5. The lowest BCUT2D eigenvalue weighted by molar-refractivity contribution is 0.101. The zero-order valence-corrected chi connectivity index (χ0v) is 16.2. The van der Waals surface area contributed by atoms with Crippen molar-refractivity contribution in [2.45, 2.75) is 6.61 Å². The van der Waals surface area contributed by atoms with Gasteiger partial charge in [0.2, 0.25) is 5.78 Å². The number of rotatable bonds is 5. The number of methoxy groups -OCH3 is 1. The minimum atomic E-state index is -0.528. The highest BCUT2D eigenvalue weighted by Crippen LogP contribution is 2.36. The first kappa shape index (κ1) is 19.0. The third-order valence-corrected chi connectivity index (χ3v) is 4.79. The Hall–Kier alpha value is -3.31. The van der Waals surface area contributed by atoms with Gasteiger partial charge in [-0.05, 0) is 48.0 Å². The first-order valence-electron chi connectivity index (χ1n) is 8.83. The van der Waals surface area contributed by atoms with Gasteiger partial charge < -0.3 is 14.2 Å². The quantitative estimate of drug-likeness (QED) is 0.507. The lowest BCUT2D eigenvalue weighted by Crippen LogP contribution is -1.99. The third-order valence-electron chi connectivity index (χ3n) is 4.46.